The van der Waals surface area contributed by atoms with E-state index in [2.05, 4.69) is 5.32 Å². The topological polar surface area (TPSA) is 66.5 Å². The number of hydrogen-bond acceptors (Lipinski definition) is 3. The molecular formula is C21H25ClN2O3S. The molecule has 2 aromatic rings. The van der Waals surface area contributed by atoms with E-state index >= 15 is 0 Å². The molecular weight excluding hydrogens is 396 g/mol. The van der Waals surface area contributed by atoms with Crippen molar-refractivity contribution in [2.45, 2.75) is 38.5 Å². The van der Waals surface area contributed by atoms with Crippen molar-refractivity contribution in [3.63, 3.8) is 0 Å². The van der Waals surface area contributed by atoms with Crippen LogP contribution in [0.25, 0.3) is 0 Å². The van der Waals surface area contributed by atoms with Gasteiger partial charge < -0.3 is 5.32 Å². The monoisotopic (exact) mass is 420 g/mol. The molecule has 0 unspecified atom stereocenters. The predicted octanol–water partition coefficient (Wildman–Crippen LogP) is 4.30. The van der Waals surface area contributed by atoms with Crippen LogP contribution in [0.1, 0.15) is 29.5 Å². The second-order valence-electron chi connectivity index (χ2n) is 7.42. The summed E-state index contributed by atoms with van der Waals surface area (Å²) in [7, 11) is -3.64. The Morgan fingerprint density at radius 3 is 2.57 bits per heavy atom. The van der Waals surface area contributed by atoms with Gasteiger partial charge in [0.2, 0.25) is 15.9 Å². The van der Waals surface area contributed by atoms with Crippen molar-refractivity contribution in [2.75, 3.05) is 18.4 Å². The van der Waals surface area contributed by atoms with E-state index in [1.807, 2.05) is 32.0 Å². The number of rotatable bonds is 4. The minimum absolute atomic E-state index is 0.175. The molecule has 1 heterocycles. The lowest BCUT2D eigenvalue weighted by Crippen LogP contribution is -2.43. The van der Waals surface area contributed by atoms with Crippen LogP contribution in [0.4, 0.5) is 5.69 Å². The van der Waals surface area contributed by atoms with Crippen molar-refractivity contribution in [2.24, 2.45) is 5.92 Å². The molecule has 0 spiro atoms. The molecule has 1 fully saturated rings. The van der Waals surface area contributed by atoms with E-state index in [0.29, 0.717) is 40.6 Å². The standard InChI is InChI=1S/C21H25ClN2O3S/c1-14-6-7-16(3)20(11-14)28(26,27)24-10-4-5-17(13-24)21(25)23-19-12-18(22)9-8-15(19)2/h6-9,11-12,17H,4-5,10,13H2,1-3H3,(H,23,25)/t17-/m0/s1. The summed E-state index contributed by atoms with van der Waals surface area (Å²) in [4.78, 5) is 13.1. The van der Waals surface area contributed by atoms with Crippen molar-refractivity contribution in [3.8, 4) is 0 Å². The summed E-state index contributed by atoms with van der Waals surface area (Å²) in [6.07, 6.45) is 1.31. The number of aryl methyl sites for hydroxylation is 3. The van der Waals surface area contributed by atoms with Gasteiger partial charge in [0.15, 0.2) is 0 Å². The van der Waals surface area contributed by atoms with Crippen LogP contribution in [0.15, 0.2) is 41.3 Å². The largest absolute Gasteiger partial charge is 0.326 e. The third kappa shape index (κ3) is 4.40. The first kappa shape index (κ1) is 20.8. The Kier molecular flexibility index (Phi) is 6.12. The van der Waals surface area contributed by atoms with Gasteiger partial charge in [0.25, 0.3) is 0 Å². The Bertz CT molecular complexity index is 1000. The lowest BCUT2D eigenvalue weighted by molar-refractivity contribution is -0.120. The molecule has 1 atom stereocenters. The summed E-state index contributed by atoms with van der Waals surface area (Å²) in [5.41, 5.74) is 3.18. The minimum atomic E-state index is -3.64. The molecule has 1 amide bonds. The number of carbonyl (C=O) groups excluding carboxylic acids is 1. The molecule has 1 saturated heterocycles. The normalized spacial score (nSPS) is 18.1. The van der Waals surface area contributed by atoms with Crippen LogP contribution in [-0.2, 0) is 14.8 Å². The molecule has 7 heteroatoms. The Morgan fingerprint density at radius 2 is 1.82 bits per heavy atom. The molecule has 0 aliphatic carbocycles. The zero-order chi connectivity index (χ0) is 20.5. The third-order valence-corrected chi connectivity index (χ3v) is 7.42. The molecule has 0 bridgehead atoms. The number of halogens is 1. The van der Waals surface area contributed by atoms with Crippen molar-refractivity contribution >= 4 is 33.2 Å². The zero-order valence-electron chi connectivity index (χ0n) is 16.3. The van der Waals surface area contributed by atoms with Gasteiger partial charge in [-0.15, -0.1) is 0 Å². The molecule has 1 N–H and O–H groups in total. The second-order valence-corrected chi connectivity index (χ2v) is 9.76. The van der Waals surface area contributed by atoms with Crippen molar-refractivity contribution in [1.29, 1.82) is 0 Å². The number of benzene rings is 2. The highest BCUT2D eigenvalue weighted by Gasteiger charge is 2.34. The lowest BCUT2D eigenvalue weighted by atomic mass is 9.98. The fourth-order valence-corrected chi connectivity index (χ4v) is 5.47. The third-order valence-electron chi connectivity index (χ3n) is 5.17. The first-order valence-corrected chi connectivity index (χ1v) is 11.1. The van der Waals surface area contributed by atoms with Gasteiger partial charge >= 0.3 is 0 Å². The molecule has 3 rings (SSSR count). The van der Waals surface area contributed by atoms with E-state index in [1.54, 1.807) is 25.1 Å². The number of anilines is 1. The Balaban J connectivity index is 1.79. The van der Waals surface area contributed by atoms with Gasteiger partial charge in [0.1, 0.15) is 0 Å². The summed E-state index contributed by atoms with van der Waals surface area (Å²) >= 11 is 6.03. The quantitative estimate of drug-likeness (QED) is 0.801. The SMILES string of the molecule is Cc1ccc(C)c(S(=O)(=O)N2CCC[C@H](C(=O)Nc3cc(Cl)ccc3C)C2)c1. The summed E-state index contributed by atoms with van der Waals surface area (Å²) in [5.74, 6) is -0.571. The van der Waals surface area contributed by atoms with Crippen molar-refractivity contribution in [1.82, 2.24) is 4.31 Å². The van der Waals surface area contributed by atoms with Crippen LogP contribution in [0.3, 0.4) is 0 Å². The molecule has 0 saturated carbocycles. The van der Waals surface area contributed by atoms with E-state index < -0.39 is 15.9 Å². The number of nitrogens with zero attached hydrogens (tertiary/aromatic N) is 1. The number of carbonyl (C=O) groups is 1. The average molecular weight is 421 g/mol. The molecule has 1 aliphatic heterocycles. The molecule has 2 aromatic carbocycles. The fourth-order valence-electron chi connectivity index (χ4n) is 3.46. The van der Waals surface area contributed by atoms with Crippen LogP contribution < -0.4 is 5.32 Å². The van der Waals surface area contributed by atoms with Gasteiger partial charge in [-0.2, -0.15) is 4.31 Å². The van der Waals surface area contributed by atoms with Crippen molar-refractivity contribution in [3.05, 3.63) is 58.1 Å². The Morgan fingerprint density at radius 1 is 1.11 bits per heavy atom. The number of piperidine rings is 1. The molecule has 5 nitrogen and oxygen atoms in total. The molecule has 0 radical (unpaired) electrons. The van der Waals surface area contributed by atoms with Gasteiger partial charge in [-0.05, 0) is 68.5 Å². The van der Waals surface area contributed by atoms with E-state index in [4.69, 9.17) is 11.6 Å². The lowest BCUT2D eigenvalue weighted by Gasteiger charge is -2.31. The number of nitrogens with one attached hydrogen (secondary N) is 1. The average Bonchev–Trinajstić information content (AvgIpc) is 2.66. The Hall–Kier alpha value is -1.89. The van der Waals surface area contributed by atoms with E-state index in [0.717, 1.165) is 11.1 Å². The zero-order valence-corrected chi connectivity index (χ0v) is 17.9. The van der Waals surface area contributed by atoms with Crippen LogP contribution in [0, 0.1) is 26.7 Å². The van der Waals surface area contributed by atoms with E-state index in [9.17, 15) is 13.2 Å². The summed E-state index contributed by atoms with van der Waals surface area (Å²) in [5, 5.41) is 3.45. The van der Waals surface area contributed by atoms with Gasteiger partial charge in [-0.1, -0.05) is 29.8 Å². The molecule has 0 aromatic heterocycles. The summed E-state index contributed by atoms with van der Waals surface area (Å²) < 4.78 is 27.8. The molecule has 28 heavy (non-hydrogen) atoms. The second kappa shape index (κ2) is 8.23. The highest BCUT2D eigenvalue weighted by atomic mass is 35.5. The highest BCUT2D eigenvalue weighted by molar-refractivity contribution is 7.89. The van der Waals surface area contributed by atoms with Gasteiger partial charge in [-0.25, -0.2) is 8.42 Å². The van der Waals surface area contributed by atoms with Crippen LogP contribution >= 0.6 is 11.6 Å². The van der Waals surface area contributed by atoms with Crippen molar-refractivity contribution < 1.29 is 13.2 Å². The van der Waals surface area contributed by atoms with E-state index in [1.165, 1.54) is 4.31 Å². The maximum atomic E-state index is 13.2. The Labute approximate surface area is 171 Å². The van der Waals surface area contributed by atoms with Crippen LogP contribution in [-0.4, -0.2) is 31.7 Å². The number of hydrogen-bond donors (Lipinski definition) is 1. The van der Waals surface area contributed by atoms with Crippen LogP contribution in [0.2, 0.25) is 5.02 Å². The molecule has 150 valence electrons. The summed E-state index contributed by atoms with van der Waals surface area (Å²) in [6.45, 7) is 6.17. The van der Waals surface area contributed by atoms with Gasteiger partial charge in [-0.3, -0.25) is 4.79 Å². The van der Waals surface area contributed by atoms with E-state index in [-0.39, 0.29) is 12.5 Å². The first-order chi connectivity index (χ1) is 13.2. The predicted molar refractivity (Wildman–Crippen MR) is 112 cm³/mol. The van der Waals surface area contributed by atoms with Gasteiger partial charge in [0, 0.05) is 23.8 Å². The number of sulfonamides is 1. The first-order valence-electron chi connectivity index (χ1n) is 9.33. The maximum absolute atomic E-state index is 13.2. The maximum Gasteiger partial charge on any atom is 0.243 e. The molecule has 1 aliphatic rings. The smallest absolute Gasteiger partial charge is 0.243 e. The fraction of sp³-hybridized carbons (Fsp3) is 0.381. The van der Waals surface area contributed by atoms with Crippen LogP contribution in [0.5, 0.6) is 0 Å². The number of amides is 1. The minimum Gasteiger partial charge on any atom is -0.326 e. The van der Waals surface area contributed by atoms with Gasteiger partial charge in [0.05, 0.1) is 10.8 Å². The summed E-state index contributed by atoms with van der Waals surface area (Å²) in [6, 6.07) is 10.7. The highest BCUT2D eigenvalue weighted by Crippen LogP contribution is 2.28.